The quantitative estimate of drug-likeness (QED) is 0.573. The SMILES string of the molecule is O=C([O-])CCC(=O)Nc1ccc(-c2nc3cc4ccccc4cc3[nH]2)cc1. The molecule has 0 bridgehead atoms. The predicted octanol–water partition coefficient (Wildman–Crippen LogP) is 2.85. The lowest BCUT2D eigenvalue weighted by Gasteiger charge is -2.06. The molecule has 134 valence electrons. The van der Waals surface area contributed by atoms with Crippen LogP contribution in [0.3, 0.4) is 0 Å². The van der Waals surface area contributed by atoms with E-state index in [1.165, 1.54) is 0 Å². The molecular formula is C21H16N3O3-. The Balaban J connectivity index is 1.55. The number of aliphatic carboxylic acids is 1. The van der Waals surface area contributed by atoms with E-state index in [1.54, 1.807) is 12.1 Å². The van der Waals surface area contributed by atoms with Crippen LogP contribution in [0.25, 0.3) is 33.2 Å². The Hall–Kier alpha value is -3.67. The van der Waals surface area contributed by atoms with Crippen molar-refractivity contribution in [1.29, 1.82) is 0 Å². The van der Waals surface area contributed by atoms with Crippen molar-refractivity contribution in [1.82, 2.24) is 9.97 Å². The minimum atomic E-state index is -1.24. The number of amides is 1. The van der Waals surface area contributed by atoms with Crippen LogP contribution >= 0.6 is 0 Å². The zero-order valence-electron chi connectivity index (χ0n) is 14.4. The summed E-state index contributed by atoms with van der Waals surface area (Å²) in [4.78, 5) is 30.1. The van der Waals surface area contributed by atoms with Crippen LogP contribution in [0.1, 0.15) is 12.8 Å². The highest BCUT2D eigenvalue weighted by Gasteiger charge is 2.08. The van der Waals surface area contributed by atoms with Gasteiger partial charge < -0.3 is 20.2 Å². The molecule has 0 saturated carbocycles. The highest BCUT2D eigenvalue weighted by molar-refractivity contribution is 5.96. The van der Waals surface area contributed by atoms with E-state index in [0.29, 0.717) is 5.69 Å². The van der Waals surface area contributed by atoms with Gasteiger partial charge in [0.15, 0.2) is 0 Å². The molecule has 6 nitrogen and oxygen atoms in total. The van der Waals surface area contributed by atoms with Gasteiger partial charge in [0.05, 0.1) is 11.0 Å². The maximum Gasteiger partial charge on any atom is 0.224 e. The number of anilines is 1. The lowest BCUT2D eigenvalue weighted by molar-refractivity contribution is -0.305. The third-order valence-corrected chi connectivity index (χ3v) is 4.35. The minimum Gasteiger partial charge on any atom is -0.550 e. The van der Waals surface area contributed by atoms with E-state index < -0.39 is 5.97 Å². The van der Waals surface area contributed by atoms with Crippen molar-refractivity contribution in [3.63, 3.8) is 0 Å². The van der Waals surface area contributed by atoms with Gasteiger partial charge in [0.1, 0.15) is 5.82 Å². The first-order valence-corrected chi connectivity index (χ1v) is 8.57. The Kier molecular flexibility index (Phi) is 4.30. The molecule has 3 aromatic carbocycles. The van der Waals surface area contributed by atoms with Crippen LogP contribution in [-0.4, -0.2) is 21.8 Å². The Morgan fingerprint density at radius 3 is 2.37 bits per heavy atom. The second kappa shape index (κ2) is 6.92. The lowest BCUT2D eigenvalue weighted by Crippen LogP contribution is -2.24. The molecular weight excluding hydrogens is 342 g/mol. The van der Waals surface area contributed by atoms with E-state index in [1.807, 2.05) is 24.3 Å². The lowest BCUT2D eigenvalue weighted by atomic mass is 10.1. The second-order valence-electron chi connectivity index (χ2n) is 6.30. The third-order valence-electron chi connectivity index (χ3n) is 4.35. The minimum absolute atomic E-state index is 0.110. The van der Waals surface area contributed by atoms with Crippen LogP contribution in [0.5, 0.6) is 0 Å². The Morgan fingerprint density at radius 2 is 1.67 bits per heavy atom. The molecule has 0 unspecified atom stereocenters. The zero-order valence-corrected chi connectivity index (χ0v) is 14.4. The van der Waals surface area contributed by atoms with E-state index in [9.17, 15) is 14.7 Å². The number of aromatic amines is 1. The molecule has 27 heavy (non-hydrogen) atoms. The van der Waals surface area contributed by atoms with Crippen molar-refractivity contribution < 1.29 is 14.7 Å². The number of nitrogens with zero attached hydrogens (tertiary/aromatic N) is 1. The number of carbonyl (C=O) groups excluding carboxylic acids is 2. The standard InChI is InChI=1S/C21H17N3O3/c25-19(9-10-20(26)27)22-16-7-5-13(6-8-16)21-23-17-11-14-3-1-2-4-15(14)12-18(17)24-21/h1-8,11-12H,9-10H2,(H,22,25)(H,23,24)(H,26,27)/p-1. The second-order valence-corrected chi connectivity index (χ2v) is 6.30. The van der Waals surface area contributed by atoms with Gasteiger partial charge in [-0.05, 0) is 53.6 Å². The third kappa shape index (κ3) is 3.64. The smallest absolute Gasteiger partial charge is 0.224 e. The maximum absolute atomic E-state index is 11.7. The van der Waals surface area contributed by atoms with E-state index in [2.05, 4.69) is 39.6 Å². The van der Waals surface area contributed by atoms with Crippen LogP contribution in [-0.2, 0) is 9.59 Å². The summed E-state index contributed by atoms with van der Waals surface area (Å²) in [5.74, 6) is -0.851. The van der Waals surface area contributed by atoms with E-state index in [0.717, 1.165) is 33.2 Å². The molecule has 1 amide bonds. The van der Waals surface area contributed by atoms with Crippen LogP contribution in [0, 0.1) is 0 Å². The molecule has 1 aromatic heterocycles. The molecule has 0 saturated heterocycles. The van der Waals surface area contributed by atoms with E-state index in [4.69, 9.17) is 0 Å². The fourth-order valence-corrected chi connectivity index (χ4v) is 2.98. The number of hydrogen-bond donors (Lipinski definition) is 2. The van der Waals surface area contributed by atoms with Crippen LogP contribution in [0.15, 0.2) is 60.7 Å². The van der Waals surface area contributed by atoms with Gasteiger partial charge in [0.2, 0.25) is 5.91 Å². The van der Waals surface area contributed by atoms with Crippen molar-refractivity contribution in [2.24, 2.45) is 0 Å². The van der Waals surface area contributed by atoms with Crippen LogP contribution < -0.4 is 10.4 Å². The summed E-state index contributed by atoms with van der Waals surface area (Å²) in [6.45, 7) is 0. The Bertz CT molecular complexity index is 1090. The number of hydrogen-bond acceptors (Lipinski definition) is 4. The Morgan fingerprint density at radius 1 is 0.963 bits per heavy atom. The van der Waals surface area contributed by atoms with Gasteiger partial charge >= 0.3 is 0 Å². The number of fused-ring (bicyclic) bond motifs is 2. The Labute approximate surface area is 154 Å². The summed E-state index contributed by atoms with van der Waals surface area (Å²) in [5.41, 5.74) is 3.35. The monoisotopic (exact) mass is 358 g/mol. The van der Waals surface area contributed by atoms with Crippen LogP contribution in [0.4, 0.5) is 5.69 Å². The molecule has 0 aliphatic carbocycles. The summed E-state index contributed by atoms with van der Waals surface area (Å²) in [7, 11) is 0. The first-order valence-electron chi connectivity index (χ1n) is 8.57. The number of H-pyrrole nitrogens is 1. The molecule has 2 N–H and O–H groups in total. The number of benzene rings is 3. The van der Waals surface area contributed by atoms with Crippen molar-refractivity contribution >= 4 is 39.4 Å². The van der Waals surface area contributed by atoms with Crippen molar-refractivity contribution in [3.8, 4) is 11.4 Å². The molecule has 4 aromatic rings. The number of carboxylic acids is 1. The summed E-state index contributed by atoms with van der Waals surface area (Å²) in [6, 6.07) is 19.5. The maximum atomic E-state index is 11.7. The first kappa shape index (κ1) is 16.8. The molecule has 0 fully saturated rings. The number of carbonyl (C=O) groups is 2. The summed E-state index contributed by atoms with van der Waals surface area (Å²) >= 11 is 0. The molecule has 0 aliphatic heterocycles. The number of nitrogens with one attached hydrogen (secondary N) is 2. The average Bonchev–Trinajstić information content (AvgIpc) is 3.08. The first-order chi connectivity index (χ1) is 13.1. The fraction of sp³-hybridized carbons (Fsp3) is 0.0952. The average molecular weight is 358 g/mol. The zero-order chi connectivity index (χ0) is 18.8. The predicted molar refractivity (Wildman–Crippen MR) is 102 cm³/mol. The molecule has 0 spiro atoms. The van der Waals surface area contributed by atoms with Gasteiger partial charge in [-0.15, -0.1) is 0 Å². The number of aromatic nitrogens is 2. The fourth-order valence-electron chi connectivity index (χ4n) is 2.98. The summed E-state index contributed by atoms with van der Waals surface area (Å²) in [6.07, 6.45) is -0.404. The molecule has 0 aliphatic rings. The van der Waals surface area contributed by atoms with Crippen molar-refractivity contribution in [3.05, 3.63) is 60.7 Å². The summed E-state index contributed by atoms with van der Waals surface area (Å²) < 4.78 is 0. The van der Waals surface area contributed by atoms with E-state index >= 15 is 0 Å². The summed E-state index contributed by atoms with van der Waals surface area (Å²) in [5, 5.41) is 15.4. The topological polar surface area (TPSA) is 97.9 Å². The number of carboxylic acid groups (broad SMARTS) is 1. The normalized spacial score (nSPS) is 11.0. The van der Waals surface area contributed by atoms with Gasteiger partial charge in [0.25, 0.3) is 0 Å². The van der Waals surface area contributed by atoms with Gasteiger partial charge in [-0.25, -0.2) is 4.98 Å². The largest absolute Gasteiger partial charge is 0.550 e. The molecule has 1 heterocycles. The number of imidazole rings is 1. The molecule has 0 atom stereocenters. The van der Waals surface area contributed by atoms with Gasteiger partial charge in [0, 0.05) is 23.6 Å². The highest BCUT2D eigenvalue weighted by Crippen LogP contribution is 2.25. The molecule has 0 radical (unpaired) electrons. The van der Waals surface area contributed by atoms with E-state index in [-0.39, 0.29) is 18.7 Å². The number of rotatable bonds is 5. The van der Waals surface area contributed by atoms with Crippen LogP contribution in [0.2, 0.25) is 0 Å². The molecule has 4 rings (SSSR count). The van der Waals surface area contributed by atoms with Gasteiger partial charge in [-0.3, -0.25) is 4.79 Å². The van der Waals surface area contributed by atoms with Gasteiger partial charge in [-0.2, -0.15) is 0 Å². The highest BCUT2D eigenvalue weighted by atomic mass is 16.4. The molecule has 6 heteroatoms. The van der Waals surface area contributed by atoms with Gasteiger partial charge in [-0.1, -0.05) is 24.3 Å². The van der Waals surface area contributed by atoms with Crippen molar-refractivity contribution in [2.45, 2.75) is 12.8 Å². The van der Waals surface area contributed by atoms with Crippen molar-refractivity contribution in [2.75, 3.05) is 5.32 Å².